The smallest absolute Gasteiger partial charge is 0.224 e. The Morgan fingerprint density at radius 3 is 2.20 bits per heavy atom. The molecule has 0 saturated carbocycles. The molecule has 0 bridgehead atoms. The minimum Gasteiger partial charge on any atom is -0.496 e. The number of amides is 1. The molecule has 0 aliphatic heterocycles. The third kappa shape index (κ3) is 3.77. The Morgan fingerprint density at radius 2 is 1.70 bits per heavy atom. The molecule has 0 fully saturated rings. The topological polar surface area (TPSA) is 82.8 Å². The summed E-state index contributed by atoms with van der Waals surface area (Å²) in [6.45, 7) is 2.43. The predicted octanol–water partition coefficient (Wildman–Crippen LogP) is 0.923. The van der Waals surface area contributed by atoms with Crippen molar-refractivity contribution in [2.24, 2.45) is 11.7 Å². The number of methoxy groups -OCH3 is 3. The molecule has 0 heterocycles. The van der Waals surface area contributed by atoms with Crippen molar-refractivity contribution in [1.29, 1.82) is 0 Å². The highest BCUT2D eigenvalue weighted by atomic mass is 16.5. The quantitative estimate of drug-likeness (QED) is 0.777. The van der Waals surface area contributed by atoms with Crippen LogP contribution in [0.2, 0.25) is 0 Å². The van der Waals surface area contributed by atoms with Gasteiger partial charge in [0.25, 0.3) is 0 Å². The van der Waals surface area contributed by atoms with Crippen molar-refractivity contribution in [2.45, 2.75) is 13.5 Å². The zero-order valence-electron chi connectivity index (χ0n) is 12.4. The largest absolute Gasteiger partial charge is 0.496 e. The molecule has 1 aromatic rings. The van der Waals surface area contributed by atoms with E-state index in [-0.39, 0.29) is 11.8 Å². The van der Waals surface area contributed by atoms with Gasteiger partial charge in [0.05, 0.1) is 21.3 Å². The lowest BCUT2D eigenvalue weighted by Crippen LogP contribution is -2.32. The number of benzene rings is 1. The average molecular weight is 282 g/mol. The van der Waals surface area contributed by atoms with Gasteiger partial charge in [0.2, 0.25) is 5.91 Å². The number of nitrogens with one attached hydrogen (secondary N) is 1. The molecular weight excluding hydrogens is 260 g/mol. The molecule has 1 aromatic carbocycles. The van der Waals surface area contributed by atoms with E-state index in [0.717, 1.165) is 5.56 Å². The van der Waals surface area contributed by atoms with E-state index < -0.39 is 0 Å². The SMILES string of the molecule is COc1cc(OC)c(OC)cc1CNC(=O)C(C)CN. The van der Waals surface area contributed by atoms with Crippen LogP contribution in [-0.2, 0) is 11.3 Å². The molecule has 6 heteroatoms. The van der Waals surface area contributed by atoms with Crippen molar-refractivity contribution in [3.05, 3.63) is 17.7 Å². The first-order valence-corrected chi connectivity index (χ1v) is 6.34. The molecular formula is C14H22N2O4. The summed E-state index contributed by atoms with van der Waals surface area (Å²) in [6.07, 6.45) is 0. The van der Waals surface area contributed by atoms with Gasteiger partial charge in [-0.25, -0.2) is 0 Å². The molecule has 20 heavy (non-hydrogen) atoms. The maximum Gasteiger partial charge on any atom is 0.224 e. The normalized spacial score (nSPS) is 11.7. The molecule has 0 aliphatic rings. The lowest BCUT2D eigenvalue weighted by atomic mass is 10.1. The second-order valence-electron chi connectivity index (χ2n) is 4.37. The van der Waals surface area contributed by atoms with Gasteiger partial charge in [-0.2, -0.15) is 0 Å². The van der Waals surface area contributed by atoms with Gasteiger partial charge >= 0.3 is 0 Å². The highest BCUT2D eigenvalue weighted by Crippen LogP contribution is 2.34. The van der Waals surface area contributed by atoms with E-state index in [1.807, 2.05) is 0 Å². The zero-order valence-corrected chi connectivity index (χ0v) is 12.4. The molecule has 112 valence electrons. The van der Waals surface area contributed by atoms with Crippen LogP contribution in [0.5, 0.6) is 17.2 Å². The first-order valence-electron chi connectivity index (χ1n) is 6.34. The first-order chi connectivity index (χ1) is 9.57. The molecule has 0 radical (unpaired) electrons. The van der Waals surface area contributed by atoms with Gasteiger partial charge in [-0.05, 0) is 6.07 Å². The van der Waals surface area contributed by atoms with E-state index in [1.165, 1.54) is 0 Å². The van der Waals surface area contributed by atoms with E-state index in [1.54, 1.807) is 40.4 Å². The summed E-state index contributed by atoms with van der Waals surface area (Å²) >= 11 is 0. The molecule has 0 aliphatic carbocycles. The van der Waals surface area contributed by atoms with Crippen molar-refractivity contribution < 1.29 is 19.0 Å². The monoisotopic (exact) mass is 282 g/mol. The Morgan fingerprint density at radius 1 is 1.15 bits per heavy atom. The number of ether oxygens (including phenoxy) is 3. The number of carbonyl (C=O) groups excluding carboxylic acids is 1. The highest BCUT2D eigenvalue weighted by Gasteiger charge is 2.14. The molecule has 3 N–H and O–H groups in total. The Kier molecular flexibility index (Phi) is 6.11. The predicted molar refractivity (Wildman–Crippen MR) is 76.2 cm³/mol. The van der Waals surface area contributed by atoms with Gasteiger partial charge < -0.3 is 25.3 Å². The molecule has 1 amide bonds. The fraction of sp³-hybridized carbons (Fsp3) is 0.500. The van der Waals surface area contributed by atoms with Crippen molar-refractivity contribution in [2.75, 3.05) is 27.9 Å². The van der Waals surface area contributed by atoms with Crippen molar-refractivity contribution in [3.63, 3.8) is 0 Å². The maximum atomic E-state index is 11.7. The minimum atomic E-state index is -0.221. The summed E-state index contributed by atoms with van der Waals surface area (Å²) in [6, 6.07) is 3.51. The summed E-state index contributed by atoms with van der Waals surface area (Å²) in [5.74, 6) is 1.48. The fourth-order valence-electron chi connectivity index (χ4n) is 1.69. The van der Waals surface area contributed by atoms with Crippen LogP contribution in [0.25, 0.3) is 0 Å². The fourth-order valence-corrected chi connectivity index (χ4v) is 1.69. The molecule has 1 rings (SSSR count). The van der Waals surface area contributed by atoms with E-state index in [2.05, 4.69) is 5.32 Å². The zero-order chi connectivity index (χ0) is 15.1. The van der Waals surface area contributed by atoms with Gasteiger partial charge in [-0.1, -0.05) is 6.92 Å². The van der Waals surface area contributed by atoms with Crippen LogP contribution in [-0.4, -0.2) is 33.8 Å². The van der Waals surface area contributed by atoms with E-state index in [0.29, 0.717) is 30.3 Å². The third-order valence-corrected chi connectivity index (χ3v) is 3.04. The maximum absolute atomic E-state index is 11.7. The molecule has 1 unspecified atom stereocenters. The van der Waals surface area contributed by atoms with Crippen LogP contribution in [0.4, 0.5) is 0 Å². The van der Waals surface area contributed by atoms with E-state index in [9.17, 15) is 4.79 Å². The average Bonchev–Trinajstić information content (AvgIpc) is 2.50. The summed E-state index contributed by atoms with van der Waals surface area (Å²) in [5, 5.41) is 2.82. The second-order valence-corrected chi connectivity index (χ2v) is 4.37. The number of carbonyl (C=O) groups is 1. The lowest BCUT2D eigenvalue weighted by Gasteiger charge is -2.15. The van der Waals surface area contributed by atoms with Crippen molar-refractivity contribution in [1.82, 2.24) is 5.32 Å². The standard InChI is InChI=1S/C14H22N2O4/c1-9(7-15)14(17)16-8-10-5-12(19-3)13(20-4)6-11(10)18-2/h5-6,9H,7-8,15H2,1-4H3,(H,16,17). The molecule has 0 saturated heterocycles. The van der Waals surface area contributed by atoms with Crippen LogP contribution < -0.4 is 25.3 Å². The lowest BCUT2D eigenvalue weighted by molar-refractivity contribution is -0.124. The van der Waals surface area contributed by atoms with Gasteiger partial charge in [0.15, 0.2) is 11.5 Å². The van der Waals surface area contributed by atoms with Crippen LogP contribution in [0.1, 0.15) is 12.5 Å². The Balaban J connectivity index is 2.91. The molecule has 0 spiro atoms. The minimum absolute atomic E-state index is 0.0932. The van der Waals surface area contributed by atoms with Crippen LogP contribution >= 0.6 is 0 Å². The van der Waals surface area contributed by atoms with E-state index in [4.69, 9.17) is 19.9 Å². The number of rotatable bonds is 7. The molecule has 1 atom stereocenters. The summed E-state index contributed by atoms with van der Waals surface area (Å²) in [7, 11) is 4.68. The van der Waals surface area contributed by atoms with Gasteiger partial charge in [0.1, 0.15) is 5.75 Å². The van der Waals surface area contributed by atoms with Crippen molar-refractivity contribution in [3.8, 4) is 17.2 Å². The Bertz CT molecular complexity index is 463. The Hall–Kier alpha value is -1.95. The highest BCUT2D eigenvalue weighted by molar-refractivity contribution is 5.78. The van der Waals surface area contributed by atoms with Crippen molar-refractivity contribution >= 4 is 5.91 Å². The van der Waals surface area contributed by atoms with Gasteiger partial charge in [-0.15, -0.1) is 0 Å². The van der Waals surface area contributed by atoms with Crippen LogP contribution in [0.3, 0.4) is 0 Å². The molecule has 6 nitrogen and oxygen atoms in total. The summed E-state index contributed by atoms with van der Waals surface area (Å²) in [4.78, 5) is 11.7. The van der Waals surface area contributed by atoms with Gasteiger partial charge in [0, 0.05) is 30.6 Å². The van der Waals surface area contributed by atoms with Gasteiger partial charge in [-0.3, -0.25) is 4.79 Å². The summed E-state index contributed by atoms with van der Waals surface area (Å²) < 4.78 is 15.7. The Labute approximate surface area is 119 Å². The first kappa shape index (κ1) is 16.1. The van der Waals surface area contributed by atoms with E-state index >= 15 is 0 Å². The number of hydrogen-bond acceptors (Lipinski definition) is 5. The van der Waals surface area contributed by atoms with Crippen LogP contribution in [0.15, 0.2) is 12.1 Å². The summed E-state index contributed by atoms with van der Waals surface area (Å²) in [5.41, 5.74) is 6.27. The third-order valence-electron chi connectivity index (χ3n) is 3.04. The second kappa shape index (κ2) is 7.59. The van der Waals surface area contributed by atoms with Crippen LogP contribution in [0, 0.1) is 5.92 Å². The number of nitrogens with two attached hydrogens (primary N) is 1. The molecule has 0 aromatic heterocycles. The number of hydrogen-bond donors (Lipinski definition) is 2.